The summed E-state index contributed by atoms with van der Waals surface area (Å²) in [5.74, 6) is -0.839. The van der Waals surface area contributed by atoms with Crippen LogP contribution < -0.4 is 10.0 Å². The molecule has 0 fully saturated rings. The van der Waals surface area contributed by atoms with E-state index in [-0.39, 0.29) is 11.6 Å². The van der Waals surface area contributed by atoms with Crippen LogP contribution in [0.2, 0.25) is 5.02 Å². The molecule has 8 nitrogen and oxygen atoms in total. The van der Waals surface area contributed by atoms with Gasteiger partial charge in [0.05, 0.1) is 34.4 Å². The number of aromatic nitrogens is 1. The van der Waals surface area contributed by atoms with Crippen molar-refractivity contribution in [2.45, 2.75) is 19.4 Å². The van der Waals surface area contributed by atoms with Crippen molar-refractivity contribution in [3.8, 4) is 5.88 Å². The highest BCUT2D eigenvalue weighted by atomic mass is 35.5. The number of aromatic hydroxyl groups is 1. The second-order valence-electron chi connectivity index (χ2n) is 8.83. The van der Waals surface area contributed by atoms with Crippen molar-refractivity contribution in [2.24, 2.45) is 10.7 Å². The van der Waals surface area contributed by atoms with Crippen molar-refractivity contribution in [1.82, 2.24) is 4.98 Å². The van der Waals surface area contributed by atoms with E-state index in [1.165, 1.54) is 13.8 Å². The number of rotatable bonds is 7. The van der Waals surface area contributed by atoms with E-state index < -0.39 is 21.5 Å². The molecule has 1 heterocycles. The quantitative estimate of drug-likeness (QED) is 0.302. The Morgan fingerprint density at radius 1 is 1.06 bits per heavy atom. The Morgan fingerprint density at radius 3 is 2.28 bits per heavy atom. The van der Waals surface area contributed by atoms with Gasteiger partial charge in [-0.25, -0.2) is 13.4 Å². The number of carbonyl (C=O) groups is 1. The third-order valence-electron chi connectivity index (χ3n) is 5.79. The van der Waals surface area contributed by atoms with Crippen molar-refractivity contribution in [3.05, 3.63) is 88.9 Å². The molecule has 0 aliphatic carbocycles. The highest BCUT2D eigenvalue weighted by molar-refractivity contribution is 7.92. The van der Waals surface area contributed by atoms with Crippen LogP contribution in [0.4, 0.5) is 11.4 Å². The lowest BCUT2D eigenvalue weighted by atomic mass is 10.0. The standard InChI is InChI=1S/C26H25ClN4O4S/c1-26(2,25(28)33)31(36(3,34)35)19-12-10-18(11-13-19)29-23(16-7-5-4-6-8-16)22-20-14-9-17(27)15-21(20)30-24(22)32/h4-15,30,32H,1-3H3,(H2,28,33). The lowest BCUT2D eigenvalue weighted by Gasteiger charge is -2.35. The summed E-state index contributed by atoms with van der Waals surface area (Å²) in [6.07, 6.45) is 1.02. The minimum absolute atomic E-state index is 0.0575. The van der Waals surface area contributed by atoms with E-state index in [0.717, 1.165) is 21.5 Å². The van der Waals surface area contributed by atoms with Gasteiger partial charge in [-0.15, -0.1) is 0 Å². The van der Waals surface area contributed by atoms with Crippen molar-refractivity contribution in [1.29, 1.82) is 0 Å². The Balaban J connectivity index is 1.86. The number of aromatic amines is 1. The molecule has 1 aromatic heterocycles. The summed E-state index contributed by atoms with van der Waals surface area (Å²) in [7, 11) is -3.82. The first-order valence-corrected chi connectivity index (χ1v) is 13.2. The molecule has 0 saturated carbocycles. The number of benzene rings is 3. The fourth-order valence-corrected chi connectivity index (χ4v) is 5.67. The van der Waals surface area contributed by atoms with Crippen LogP contribution in [-0.2, 0) is 14.8 Å². The number of nitrogens with one attached hydrogen (secondary N) is 1. The summed E-state index contributed by atoms with van der Waals surface area (Å²) in [6.45, 7) is 2.89. The summed E-state index contributed by atoms with van der Waals surface area (Å²) < 4.78 is 26.0. The van der Waals surface area contributed by atoms with Crippen LogP contribution in [0.5, 0.6) is 5.88 Å². The van der Waals surface area contributed by atoms with Gasteiger partial charge >= 0.3 is 0 Å². The van der Waals surface area contributed by atoms with Crippen LogP contribution >= 0.6 is 11.6 Å². The lowest BCUT2D eigenvalue weighted by molar-refractivity contribution is -0.121. The third-order valence-corrected chi connectivity index (χ3v) is 7.36. The SMILES string of the molecule is CC(C)(C(N)=O)N(c1ccc(N=C(c2ccccc2)c2c(O)[nH]c3cc(Cl)ccc23)cc1)S(C)(=O)=O. The Labute approximate surface area is 214 Å². The third kappa shape index (κ3) is 4.80. The second kappa shape index (κ2) is 9.33. The predicted molar refractivity (Wildman–Crippen MR) is 144 cm³/mol. The largest absolute Gasteiger partial charge is 0.494 e. The van der Waals surface area contributed by atoms with E-state index in [1.807, 2.05) is 30.3 Å². The zero-order valence-electron chi connectivity index (χ0n) is 19.9. The highest BCUT2D eigenvalue weighted by Crippen LogP contribution is 2.34. The first kappa shape index (κ1) is 25.3. The maximum absolute atomic E-state index is 12.5. The molecule has 0 spiro atoms. The number of nitrogens with two attached hydrogens (primary N) is 1. The summed E-state index contributed by atoms with van der Waals surface area (Å²) in [5.41, 5.74) is 7.21. The zero-order chi connectivity index (χ0) is 26.3. The smallest absolute Gasteiger partial charge is 0.243 e. The normalized spacial score (nSPS) is 12.6. The maximum atomic E-state index is 12.5. The molecule has 10 heteroatoms. The predicted octanol–water partition coefficient (Wildman–Crippen LogP) is 4.73. The van der Waals surface area contributed by atoms with Crippen molar-refractivity contribution in [3.63, 3.8) is 0 Å². The zero-order valence-corrected chi connectivity index (χ0v) is 21.4. The Kier molecular flexibility index (Phi) is 6.55. The number of fused-ring (bicyclic) bond motifs is 1. The number of aliphatic imine (C=N–C) groups is 1. The van der Waals surface area contributed by atoms with E-state index in [0.29, 0.717) is 27.5 Å². The Hall–Kier alpha value is -3.82. The molecule has 0 aliphatic rings. The van der Waals surface area contributed by atoms with Crippen LogP contribution in [0.25, 0.3) is 10.9 Å². The molecule has 3 aromatic carbocycles. The topological polar surface area (TPSA) is 129 Å². The molecule has 186 valence electrons. The molecular weight excluding hydrogens is 500 g/mol. The van der Waals surface area contributed by atoms with Gasteiger partial charge < -0.3 is 15.8 Å². The van der Waals surface area contributed by atoms with Crippen LogP contribution in [0.1, 0.15) is 25.0 Å². The molecule has 0 aliphatic heterocycles. The van der Waals surface area contributed by atoms with Crippen LogP contribution in [0.3, 0.4) is 0 Å². The fourth-order valence-electron chi connectivity index (χ4n) is 4.08. The van der Waals surface area contributed by atoms with Gasteiger partial charge in [-0.1, -0.05) is 48.0 Å². The molecule has 0 unspecified atom stereocenters. The lowest BCUT2D eigenvalue weighted by Crippen LogP contribution is -2.55. The summed E-state index contributed by atoms with van der Waals surface area (Å²) >= 11 is 6.12. The van der Waals surface area contributed by atoms with Gasteiger partial charge in [0.2, 0.25) is 15.9 Å². The molecule has 0 radical (unpaired) electrons. The van der Waals surface area contributed by atoms with Gasteiger partial charge in [-0.05, 0) is 50.2 Å². The number of hydrogen-bond donors (Lipinski definition) is 3. The molecular formula is C26H25ClN4O4S. The minimum atomic E-state index is -3.82. The van der Waals surface area contributed by atoms with Crippen LogP contribution in [-0.4, -0.2) is 41.9 Å². The number of carbonyl (C=O) groups excluding carboxylic acids is 1. The van der Waals surface area contributed by atoms with E-state index in [4.69, 9.17) is 22.3 Å². The van der Waals surface area contributed by atoms with Gasteiger partial charge in [0, 0.05) is 16.0 Å². The van der Waals surface area contributed by atoms with Gasteiger partial charge in [-0.3, -0.25) is 9.10 Å². The first-order chi connectivity index (χ1) is 16.9. The molecule has 4 aromatic rings. The number of sulfonamides is 1. The second-order valence-corrected chi connectivity index (χ2v) is 11.1. The number of anilines is 1. The van der Waals surface area contributed by atoms with Crippen molar-refractivity contribution in [2.75, 3.05) is 10.6 Å². The van der Waals surface area contributed by atoms with Gasteiger partial charge in [-0.2, -0.15) is 0 Å². The van der Waals surface area contributed by atoms with Crippen LogP contribution in [0.15, 0.2) is 77.8 Å². The summed E-state index contributed by atoms with van der Waals surface area (Å²) in [5, 5.41) is 12.1. The molecule has 0 saturated heterocycles. The molecule has 0 atom stereocenters. The van der Waals surface area contributed by atoms with Gasteiger partial charge in [0.1, 0.15) is 5.54 Å². The minimum Gasteiger partial charge on any atom is -0.494 e. The Bertz CT molecular complexity index is 1580. The summed E-state index contributed by atoms with van der Waals surface area (Å²) in [6, 6.07) is 21.0. The molecule has 4 N–H and O–H groups in total. The van der Waals surface area contributed by atoms with Gasteiger partial charge in [0.25, 0.3) is 0 Å². The summed E-state index contributed by atoms with van der Waals surface area (Å²) in [4.78, 5) is 19.8. The fraction of sp³-hybridized carbons (Fsp3) is 0.154. The van der Waals surface area contributed by atoms with E-state index in [9.17, 15) is 18.3 Å². The van der Waals surface area contributed by atoms with E-state index in [1.54, 1.807) is 42.5 Å². The molecule has 36 heavy (non-hydrogen) atoms. The van der Waals surface area contributed by atoms with E-state index >= 15 is 0 Å². The number of H-pyrrole nitrogens is 1. The number of halogens is 1. The first-order valence-electron chi connectivity index (χ1n) is 10.9. The average molecular weight is 525 g/mol. The van der Waals surface area contributed by atoms with Crippen molar-refractivity contribution >= 4 is 55.5 Å². The van der Waals surface area contributed by atoms with Crippen molar-refractivity contribution < 1.29 is 18.3 Å². The molecule has 0 bridgehead atoms. The molecule has 1 amide bonds. The molecule has 4 rings (SSSR count). The number of hydrogen-bond acceptors (Lipinski definition) is 5. The number of primary amides is 1. The highest BCUT2D eigenvalue weighted by Gasteiger charge is 2.39. The van der Waals surface area contributed by atoms with E-state index in [2.05, 4.69) is 4.98 Å². The monoisotopic (exact) mass is 524 g/mol. The average Bonchev–Trinajstić information content (AvgIpc) is 3.12. The van der Waals surface area contributed by atoms with Crippen LogP contribution in [0, 0.1) is 0 Å². The maximum Gasteiger partial charge on any atom is 0.243 e. The van der Waals surface area contributed by atoms with Gasteiger partial charge in [0.15, 0.2) is 5.88 Å². The number of amides is 1. The number of nitrogens with zero attached hydrogens (tertiary/aromatic N) is 2. The Morgan fingerprint density at radius 2 is 1.69 bits per heavy atom.